The van der Waals surface area contributed by atoms with E-state index in [1.165, 1.54) is 37.9 Å². The summed E-state index contributed by atoms with van der Waals surface area (Å²) in [7, 11) is 0. The van der Waals surface area contributed by atoms with Gasteiger partial charge >= 0.3 is 0 Å². The molecule has 0 aromatic heterocycles. The fourth-order valence-electron chi connectivity index (χ4n) is 3.73. The van der Waals surface area contributed by atoms with Crippen LogP contribution in [0, 0.1) is 5.82 Å². The Labute approximate surface area is 150 Å². The van der Waals surface area contributed by atoms with Crippen LogP contribution in [0.15, 0.2) is 29.3 Å². The smallest absolute Gasteiger partial charge is 0.191 e. The SMILES string of the molecule is CC1CCCCN1CCN=C(N)N1CCN(c2ccc(F)cc2)CC1. The van der Waals surface area contributed by atoms with Crippen LogP contribution >= 0.6 is 0 Å². The summed E-state index contributed by atoms with van der Waals surface area (Å²) in [5, 5.41) is 0. The monoisotopic (exact) mass is 347 g/mol. The van der Waals surface area contributed by atoms with Crippen LogP contribution in [0.1, 0.15) is 26.2 Å². The van der Waals surface area contributed by atoms with Crippen LogP contribution in [0.3, 0.4) is 0 Å². The molecule has 0 radical (unpaired) electrons. The minimum absolute atomic E-state index is 0.193. The van der Waals surface area contributed by atoms with E-state index in [9.17, 15) is 4.39 Å². The lowest BCUT2D eigenvalue weighted by Gasteiger charge is -2.37. The van der Waals surface area contributed by atoms with E-state index >= 15 is 0 Å². The van der Waals surface area contributed by atoms with E-state index in [4.69, 9.17) is 5.73 Å². The maximum absolute atomic E-state index is 13.0. The molecule has 1 atom stereocenters. The highest BCUT2D eigenvalue weighted by Crippen LogP contribution is 2.17. The largest absolute Gasteiger partial charge is 0.370 e. The predicted octanol–water partition coefficient (Wildman–Crippen LogP) is 2.14. The third kappa shape index (κ3) is 4.84. The number of piperazine rings is 1. The van der Waals surface area contributed by atoms with Crippen molar-refractivity contribution in [2.24, 2.45) is 10.7 Å². The number of guanidine groups is 1. The highest BCUT2D eigenvalue weighted by atomic mass is 19.1. The van der Waals surface area contributed by atoms with E-state index in [0.717, 1.165) is 45.0 Å². The zero-order chi connectivity index (χ0) is 17.6. The molecule has 0 saturated carbocycles. The van der Waals surface area contributed by atoms with Crippen LogP contribution in [0.2, 0.25) is 0 Å². The van der Waals surface area contributed by atoms with Crippen molar-refractivity contribution in [3.63, 3.8) is 0 Å². The highest BCUT2D eigenvalue weighted by molar-refractivity contribution is 5.78. The summed E-state index contributed by atoms with van der Waals surface area (Å²) in [5.74, 6) is 0.463. The number of nitrogens with zero attached hydrogens (tertiary/aromatic N) is 4. The molecule has 2 saturated heterocycles. The van der Waals surface area contributed by atoms with E-state index < -0.39 is 0 Å². The first-order valence-electron chi connectivity index (χ1n) is 9.43. The van der Waals surface area contributed by atoms with Gasteiger partial charge in [-0.1, -0.05) is 6.42 Å². The Balaban J connectivity index is 1.44. The van der Waals surface area contributed by atoms with Gasteiger partial charge in [0.05, 0.1) is 6.54 Å². The molecule has 25 heavy (non-hydrogen) atoms. The van der Waals surface area contributed by atoms with Crippen molar-refractivity contribution in [2.45, 2.75) is 32.2 Å². The normalized spacial score (nSPS) is 23.1. The van der Waals surface area contributed by atoms with Crippen molar-refractivity contribution >= 4 is 11.6 Å². The van der Waals surface area contributed by atoms with Crippen LogP contribution in [0.25, 0.3) is 0 Å². The van der Waals surface area contributed by atoms with Gasteiger partial charge in [0, 0.05) is 44.5 Å². The first kappa shape index (κ1) is 18.0. The van der Waals surface area contributed by atoms with Gasteiger partial charge in [-0.25, -0.2) is 4.39 Å². The summed E-state index contributed by atoms with van der Waals surface area (Å²) in [6, 6.07) is 7.37. The Morgan fingerprint density at radius 1 is 1.12 bits per heavy atom. The van der Waals surface area contributed by atoms with Crippen molar-refractivity contribution in [3.05, 3.63) is 30.1 Å². The van der Waals surface area contributed by atoms with Gasteiger partial charge in [-0.3, -0.25) is 9.89 Å². The summed E-state index contributed by atoms with van der Waals surface area (Å²) in [5.41, 5.74) is 7.26. The van der Waals surface area contributed by atoms with E-state index in [0.29, 0.717) is 12.0 Å². The zero-order valence-corrected chi connectivity index (χ0v) is 15.2. The standard InChI is InChI=1S/C19H30FN5/c1-16-4-2-3-10-23(16)11-9-22-19(21)25-14-12-24(13-15-25)18-7-5-17(20)6-8-18/h5-8,16H,2-4,9-15H2,1H3,(H2,21,22). The second-order valence-corrected chi connectivity index (χ2v) is 7.07. The molecule has 3 rings (SSSR count). The molecular formula is C19H30FN5. The number of halogens is 1. The van der Waals surface area contributed by atoms with Crippen molar-refractivity contribution < 1.29 is 4.39 Å². The molecule has 6 heteroatoms. The summed E-state index contributed by atoms with van der Waals surface area (Å²) >= 11 is 0. The summed E-state index contributed by atoms with van der Waals surface area (Å²) in [6.45, 7) is 8.73. The molecule has 5 nitrogen and oxygen atoms in total. The number of nitrogens with two attached hydrogens (primary N) is 1. The molecule has 0 amide bonds. The van der Waals surface area contributed by atoms with Gasteiger partial charge in [-0.15, -0.1) is 0 Å². The van der Waals surface area contributed by atoms with Gasteiger partial charge in [-0.2, -0.15) is 0 Å². The lowest BCUT2D eigenvalue weighted by Crippen LogP contribution is -2.51. The second-order valence-electron chi connectivity index (χ2n) is 7.07. The van der Waals surface area contributed by atoms with Crippen molar-refractivity contribution in [1.82, 2.24) is 9.80 Å². The topological polar surface area (TPSA) is 48.1 Å². The lowest BCUT2D eigenvalue weighted by molar-refractivity contribution is 0.165. The molecule has 2 heterocycles. The van der Waals surface area contributed by atoms with Gasteiger partial charge in [0.25, 0.3) is 0 Å². The first-order chi connectivity index (χ1) is 12.1. The number of hydrogen-bond acceptors (Lipinski definition) is 3. The number of anilines is 1. The Morgan fingerprint density at radius 3 is 2.52 bits per heavy atom. The summed E-state index contributed by atoms with van der Waals surface area (Å²) < 4.78 is 13.0. The third-order valence-electron chi connectivity index (χ3n) is 5.40. The van der Waals surface area contributed by atoms with Crippen molar-refractivity contribution in [3.8, 4) is 0 Å². The Bertz CT molecular complexity index is 566. The minimum Gasteiger partial charge on any atom is -0.370 e. The van der Waals surface area contributed by atoms with E-state index in [1.807, 2.05) is 12.1 Å². The molecule has 0 spiro atoms. The van der Waals surface area contributed by atoms with Crippen LogP contribution in [-0.4, -0.2) is 67.6 Å². The lowest BCUT2D eigenvalue weighted by atomic mass is 10.0. The molecule has 0 aliphatic carbocycles. The van der Waals surface area contributed by atoms with Crippen LogP contribution < -0.4 is 10.6 Å². The number of rotatable bonds is 4. The summed E-state index contributed by atoms with van der Waals surface area (Å²) in [4.78, 5) is 11.5. The number of benzene rings is 1. The minimum atomic E-state index is -0.193. The van der Waals surface area contributed by atoms with Gasteiger partial charge in [0.15, 0.2) is 5.96 Å². The molecule has 2 fully saturated rings. The van der Waals surface area contributed by atoms with Gasteiger partial charge in [-0.05, 0) is 50.6 Å². The van der Waals surface area contributed by atoms with Crippen LogP contribution in [0.4, 0.5) is 10.1 Å². The average Bonchev–Trinajstić information content (AvgIpc) is 2.64. The highest BCUT2D eigenvalue weighted by Gasteiger charge is 2.20. The molecule has 2 N–H and O–H groups in total. The molecule has 1 unspecified atom stereocenters. The zero-order valence-electron chi connectivity index (χ0n) is 15.2. The van der Waals surface area contributed by atoms with Crippen molar-refractivity contribution in [1.29, 1.82) is 0 Å². The maximum atomic E-state index is 13.0. The molecule has 2 aliphatic rings. The van der Waals surface area contributed by atoms with E-state index in [-0.39, 0.29) is 5.82 Å². The van der Waals surface area contributed by atoms with E-state index in [1.54, 1.807) is 0 Å². The average molecular weight is 347 g/mol. The molecule has 1 aromatic carbocycles. The maximum Gasteiger partial charge on any atom is 0.191 e. The third-order valence-corrected chi connectivity index (χ3v) is 5.40. The predicted molar refractivity (Wildman–Crippen MR) is 102 cm³/mol. The van der Waals surface area contributed by atoms with Crippen molar-refractivity contribution in [2.75, 3.05) is 50.7 Å². The number of hydrogen-bond donors (Lipinski definition) is 1. The van der Waals surface area contributed by atoms with Gasteiger partial charge in [0.1, 0.15) is 5.82 Å². The molecule has 2 aliphatic heterocycles. The van der Waals surface area contributed by atoms with E-state index in [2.05, 4.69) is 26.6 Å². The Morgan fingerprint density at radius 2 is 1.84 bits per heavy atom. The van der Waals surface area contributed by atoms with Crippen LogP contribution in [-0.2, 0) is 0 Å². The fourth-order valence-corrected chi connectivity index (χ4v) is 3.73. The van der Waals surface area contributed by atoms with Gasteiger partial charge in [0.2, 0.25) is 0 Å². The molecule has 138 valence electrons. The number of likely N-dealkylation sites (tertiary alicyclic amines) is 1. The Hall–Kier alpha value is -1.82. The van der Waals surface area contributed by atoms with Gasteiger partial charge < -0.3 is 15.5 Å². The molecule has 0 bridgehead atoms. The number of piperidine rings is 1. The molecular weight excluding hydrogens is 317 g/mol. The summed E-state index contributed by atoms with van der Waals surface area (Å²) in [6.07, 6.45) is 3.95. The molecule has 1 aromatic rings. The second kappa shape index (κ2) is 8.52. The Kier molecular flexibility index (Phi) is 6.13. The first-order valence-corrected chi connectivity index (χ1v) is 9.43. The number of aliphatic imine (C=N–C) groups is 1. The quantitative estimate of drug-likeness (QED) is 0.670. The van der Waals surface area contributed by atoms with Crippen LogP contribution in [0.5, 0.6) is 0 Å². The fraction of sp³-hybridized carbons (Fsp3) is 0.632.